The van der Waals surface area contributed by atoms with E-state index in [1.165, 1.54) is 12.0 Å². The molecule has 34 heavy (non-hydrogen) atoms. The predicted molar refractivity (Wildman–Crippen MR) is 134 cm³/mol. The Morgan fingerprint density at radius 2 is 1.71 bits per heavy atom. The van der Waals surface area contributed by atoms with E-state index in [-0.39, 0.29) is 12.5 Å². The van der Waals surface area contributed by atoms with Crippen LogP contribution in [0.2, 0.25) is 0 Å². The van der Waals surface area contributed by atoms with Gasteiger partial charge >= 0.3 is 0 Å². The van der Waals surface area contributed by atoms with Gasteiger partial charge in [0.25, 0.3) is 0 Å². The molecule has 2 aromatic rings. The van der Waals surface area contributed by atoms with Crippen LogP contribution in [-0.2, 0) is 26.2 Å². The van der Waals surface area contributed by atoms with Crippen molar-refractivity contribution >= 4 is 27.5 Å². The average Bonchev–Trinajstić information content (AvgIpc) is 2.75. The third kappa shape index (κ3) is 7.76. The Labute approximate surface area is 202 Å². The van der Waals surface area contributed by atoms with E-state index in [0.717, 1.165) is 16.1 Å². The molecule has 0 spiro atoms. The number of nitrogens with zero attached hydrogens (tertiary/aromatic N) is 2. The number of nitrogens with one attached hydrogen (secondary N) is 1. The fourth-order valence-corrected chi connectivity index (χ4v) is 4.37. The summed E-state index contributed by atoms with van der Waals surface area (Å²) >= 11 is 0. The molecule has 9 heteroatoms. The Hall–Kier alpha value is -3.07. The van der Waals surface area contributed by atoms with E-state index in [1.54, 1.807) is 24.3 Å². The van der Waals surface area contributed by atoms with Crippen LogP contribution in [-0.4, -0.2) is 56.6 Å². The van der Waals surface area contributed by atoms with Crippen LogP contribution in [0.15, 0.2) is 54.6 Å². The summed E-state index contributed by atoms with van der Waals surface area (Å²) in [7, 11) is -2.31. The lowest BCUT2D eigenvalue weighted by molar-refractivity contribution is -0.141. The van der Waals surface area contributed by atoms with Crippen molar-refractivity contribution in [3.63, 3.8) is 0 Å². The van der Waals surface area contributed by atoms with Gasteiger partial charge in [0.15, 0.2) is 0 Å². The van der Waals surface area contributed by atoms with Gasteiger partial charge in [0.2, 0.25) is 21.8 Å². The first-order valence-electron chi connectivity index (χ1n) is 11.1. The second-order valence-electron chi connectivity index (χ2n) is 9.14. The monoisotopic (exact) mass is 489 g/mol. The zero-order valence-corrected chi connectivity index (χ0v) is 21.6. The highest BCUT2D eigenvalue weighted by atomic mass is 32.2. The standard InChI is InChI=1S/C25H35N3O5S/c1-7-22(24(30)26-25(2,3)4)27(17-19-12-9-8-10-13-19)23(29)18-28(34(6,31)32)20-14-11-15-21(16-20)33-5/h8-16,22H,7,17-18H2,1-6H3,(H,26,30). The molecule has 0 bridgehead atoms. The van der Waals surface area contributed by atoms with Gasteiger partial charge in [-0.2, -0.15) is 0 Å². The maximum atomic E-state index is 13.6. The Morgan fingerprint density at radius 3 is 2.24 bits per heavy atom. The molecular weight excluding hydrogens is 454 g/mol. The van der Waals surface area contributed by atoms with Crippen LogP contribution in [0.1, 0.15) is 39.7 Å². The summed E-state index contributed by atoms with van der Waals surface area (Å²) in [6.45, 7) is 7.16. The van der Waals surface area contributed by atoms with E-state index in [9.17, 15) is 18.0 Å². The van der Waals surface area contributed by atoms with Crippen molar-refractivity contribution in [1.29, 1.82) is 0 Å². The van der Waals surface area contributed by atoms with Crippen molar-refractivity contribution in [1.82, 2.24) is 10.2 Å². The minimum absolute atomic E-state index is 0.172. The summed E-state index contributed by atoms with van der Waals surface area (Å²) in [5, 5.41) is 2.94. The lowest BCUT2D eigenvalue weighted by Crippen LogP contribution is -2.55. The molecule has 8 nitrogen and oxygen atoms in total. The molecule has 0 heterocycles. The van der Waals surface area contributed by atoms with Crippen LogP contribution in [0, 0.1) is 0 Å². The van der Waals surface area contributed by atoms with Crippen molar-refractivity contribution in [3.05, 3.63) is 60.2 Å². The topological polar surface area (TPSA) is 96.0 Å². The van der Waals surface area contributed by atoms with Crippen molar-refractivity contribution in [2.45, 2.75) is 52.2 Å². The number of ether oxygens (including phenoxy) is 1. The number of rotatable bonds is 10. The molecular formula is C25H35N3O5S. The van der Waals surface area contributed by atoms with Crippen molar-refractivity contribution in [3.8, 4) is 5.75 Å². The Kier molecular flexibility index (Phi) is 9.09. The Morgan fingerprint density at radius 1 is 1.06 bits per heavy atom. The van der Waals surface area contributed by atoms with Gasteiger partial charge in [0.1, 0.15) is 18.3 Å². The quantitative estimate of drug-likeness (QED) is 0.553. The summed E-state index contributed by atoms with van der Waals surface area (Å²) in [5.74, 6) is -0.296. The molecule has 0 aliphatic heterocycles. The van der Waals surface area contributed by atoms with E-state index < -0.39 is 34.1 Å². The lowest BCUT2D eigenvalue weighted by atomic mass is 10.1. The first kappa shape index (κ1) is 27.2. The Balaban J connectivity index is 2.44. The smallest absolute Gasteiger partial charge is 0.244 e. The predicted octanol–water partition coefficient (Wildman–Crippen LogP) is 3.18. The van der Waals surface area contributed by atoms with E-state index in [4.69, 9.17) is 4.74 Å². The minimum Gasteiger partial charge on any atom is -0.497 e. The number of benzene rings is 2. The molecule has 0 aliphatic rings. The summed E-state index contributed by atoms with van der Waals surface area (Å²) < 4.78 is 31.5. The summed E-state index contributed by atoms with van der Waals surface area (Å²) in [6.07, 6.45) is 1.42. The zero-order valence-electron chi connectivity index (χ0n) is 20.7. The number of amides is 2. The van der Waals surface area contributed by atoms with Crippen LogP contribution >= 0.6 is 0 Å². The molecule has 0 aliphatic carbocycles. The fraction of sp³-hybridized carbons (Fsp3) is 0.440. The van der Waals surface area contributed by atoms with Crippen LogP contribution in [0.25, 0.3) is 0 Å². The molecule has 2 rings (SSSR count). The maximum absolute atomic E-state index is 13.6. The van der Waals surface area contributed by atoms with Gasteiger partial charge in [-0.3, -0.25) is 13.9 Å². The van der Waals surface area contributed by atoms with Crippen LogP contribution in [0.5, 0.6) is 5.75 Å². The normalized spacial score (nSPS) is 12.5. The highest BCUT2D eigenvalue weighted by Crippen LogP contribution is 2.24. The van der Waals surface area contributed by atoms with E-state index >= 15 is 0 Å². The average molecular weight is 490 g/mol. The molecule has 1 atom stereocenters. The van der Waals surface area contributed by atoms with Gasteiger partial charge in [0, 0.05) is 18.2 Å². The van der Waals surface area contributed by atoms with E-state index in [0.29, 0.717) is 17.9 Å². The number of sulfonamides is 1. The largest absolute Gasteiger partial charge is 0.497 e. The molecule has 0 saturated carbocycles. The van der Waals surface area contributed by atoms with Crippen molar-refractivity contribution in [2.75, 3.05) is 24.2 Å². The van der Waals surface area contributed by atoms with Gasteiger partial charge in [-0.1, -0.05) is 43.3 Å². The van der Waals surface area contributed by atoms with Crippen molar-refractivity contribution in [2.24, 2.45) is 0 Å². The van der Waals surface area contributed by atoms with Gasteiger partial charge in [-0.25, -0.2) is 8.42 Å². The number of carbonyl (C=O) groups is 2. The summed E-state index contributed by atoms with van der Waals surface area (Å²) in [5.41, 5.74) is 0.665. The molecule has 0 radical (unpaired) electrons. The van der Waals surface area contributed by atoms with Gasteiger partial charge in [-0.15, -0.1) is 0 Å². The molecule has 1 unspecified atom stereocenters. The number of anilines is 1. The number of methoxy groups -OCH3 is 1. The first-order valence-corrected chi connectivity index (χ1v) is 13.0. The molecule has 186 valence electrons. The number of hydrogen-bond acceptors (Lipinski definition) is 5. The van der Waals surface area contributed by atoms with Crippen LogP contribution in [0.3, 0.4) is 0 Å². The third-order valence-corrected chi connectivity index (χ3v) is 6.24. The Bertz CT molecular complexity index is 1080. The summed E-state index contributed by atoms with van der Waals surface area (Å²) in [4.78, 5) is 28.2. The van der Waals surface area contributed by atoms with E-state index in [2.05, 4.69) is 5.32 Å². The SMILES string of the molecule is CCC(C(=O)NC(C)(C)C)N(Cc1ccccc1)C(=O)CN(c1cccc(OC)c1)S(C)(=O)=O. The zero-order chi connectivity index (χ0) is 25.5. The van der Waals surface area contributed by atoms with Crippen molar-refractivity contribution < 1.29 is 22.7 Å². The molecule has 0 fully saturated rings. The maximum Gasteiger partial charge on any atom is 0.244 e. The van der Waals surface area contributed by atoms with Gasteiger partial charge in [-0.05, 0) is 44.9 Å². The second-order valence-corrected chi connectivity index (χ2v) is 11.0. The van der Waals surface area contributed by atoms with E-state index in [1.807, 2.05) is 58.0 Å². The van der Waals surface area contributed by atoms with Crippen LogP contribution in [0.4, 0.5) is 5.69 Å². The lowest BCUT2D eigenvalue weighted by Gasteiger charge is -2.34. The number of hydrogen-bond donors (Lipinski definition) is 1. The van der Waals surface area contributed by atoms with Crippen LogP contribution < -0.4 is 14.4 Å². The third-order valence-electron chi connectivity index (χ3n) is 5.10. The molecule has 0 saturated heterocycles. The highest BCUT2D eigenvalue weighted by molar-refractivity contribution is 7.92. The summed E-state index contributed by atoms with van der Waals surface area (Å²) in [6, 6.07) is 15.0. The molecule has 2 aromatic carbocycles. The molecule has 0 aromatic heterocycles. The van der Waals surface area contributed by atoms with Gasteiger partial charge < -0.3 is 15.0 Å². The van der Waals surface area contributed by atoms with Gasteiger partial charge in [0.05, 0.1) is 19.1 Å². The second kappa shape index (κ2) is 11.4. The fourth-order valence-electron chi connectivity index (χ4n) is 3.53. The number of carbonyl (C=O) groups excluding carboxylic acids is 2. The first-order chi connectivity index (χ1) is 15.9. The minimum atomic E-state index is -3.80. The molecule has 2 amide bonds. The highest BCUT2D eigenvalue weighted by Gasteiger charge is 2.33. The molecule has 1 N–H and O–H groups in total.